The molecule has 0 aliphatic carbocycles. The van der Waals surface area contributed by atoms with Gasteiger partial charge in [0.25, 0.3) is 0 Å². The molecule has 2 aromatic rings. The fourth-order valence-electron chi connectivity index (χ4n) is 1.78. The SMILES string of the molecule is COc1c(-c2cc(C(=O)O)nn2C)ccc(F)c1O. The Balaban J connectivity index is 2.65. The number of nitrogens with zero attached hydrogens (tertiary/aromatic N) is 2. The number of benzene rings is 1. The first kappa shape index (κ1) is 12.9. The highest BCUT2D eigenvalue weighted by Crippen LogP contribution is 2.38. The van der Waals surface area contributed by atoms with Crippen LogP contribution in [0.25, 0.3) is 11.3 Å². The largest absolute Gasteiger partial charge is 0.502 e. The number of halogens is 1. The van der Waals surface area contributed by atoms with Crippen molar-refractivity contribution in [3.8, 4) is 22.8 Å². The summed E-state index contributed by atoms with van der Waals surface area (Å²) in [5.74, 6) is -2.69. The third kappa shape index (κ3) is 2.10. The van der Waals surface area contributed by atoms with E-state index in [9.17, 15) is 14.3 Å². The number of carbonyl (C=O) groups is 1. The molecule has 0 saturated heterocycles. The second-order valence-electron chi connectivity index (χ2n) is 3.82. The van der Waals surface area contributed by atoms with Gasteiger partial charge in [-0.15, -0.1) is 0 Å². The lowest BCUT2D eigenvalue weighted by Crippen LogP contribution is -1.99. The van der Waals surface area contributed by atoms with E-state index >= 15 is 0 Å². The molecular formula is C12H11FN2O4. The van der Waals surface area contributed by atoms with Gasteiger partial charge in [-0.3, -0.25) is 4.68 Å². The van der Waals surface area contributed by atoms with Crippen molar-refractivity contribution in [1.29, 1.82) is 0 Å². The van der Waals surface area contributed by atoms with Crippen LogP contribution in [0.4, 0.5) is 4.39 Å². The van der Waals surface area contributed by atoms with Crippen molar-refractivity contribution in [3.63, 3.8) is 0 Å². The molecule has 7 heteroatoms. The van der Waals surface area contributed by atoms with Crippen LogP contribution in [0, 0.1) is 5.82 Å². The molecular weight excluding hydrogens is 255 g/mol. The van der Waals surface area contributed by atoms with Crippen LogP contribution in [0.5, 0.6) is 11.5 Å². The van der Waals surface area contributed by atoms with Crippen LogP contribution in [0.15, 0.2) is 18.2 Å². The van der Waals surface area contributed by atoms with E-state index in [1.54, 1.807) is 7.05 Å². The molecule has 1 heterocycles. The fourth-order valence-corrected chi connectivity index (χ4v) is 1.78. The summed E-state index contributed by atoms with van der Waals surface area (Å²) in [7, 11) is 2.83. The van der Waals surface area contributed by atoms with Gasteiger partial charge in [-0.25, -0.2) is 9.18 Å². The first-order valence-corrected chi connectivity index (χ1v) is 5.29. The van der Waals surface area contributed by atoms with Gasteiger partial charge < -0.3 is 14.9 Å². The molecule has 2 rings (SSSR count). The van der Waals surface area contributed by atoms with Gasteiger partial charge in [0.1, 0.15) is 0 Å². The van der Waals surface area contributed by atoms with Gasteiger partial charge in [0.05, 0.1) is 12.8 Å². The van der Waals surface area contributed by atoms with E-state index < -0.39 is 17.5 Å². The molecule has 0 aliphatic heterocycles. The van der Waals surface area contributed by atoms with Crippen LogP contribution in [0.3, 0.4) is 0 Å². The summed E-state index contributed by atoms with van der Waals surface area (Å²) < 4.78 is 19.5. The Morgan fingerprint density at radius 3 is 2.68 bits per heavy atom. The number of phenolic OH excluding ortho intramolecular Hbond substituents is 1. The smallest absolute Gasteiger partial charge is 0.356 e. The van der Waals surface area contributed by atoms with Crippen molar-refractivity contribution >= 4 is 5.97 Å². The molecule has 0 spiro atoms. The molecule has 0 radical (unpaired) electrons. The Morgan fingerprint density at radius 1 is 1.47 bits per heavy atom. The average Bonchev–Trinajstić information content (AvgIpc) is 2.75. The molecule has 1 aromatic heterocycles. The second-order valence-corrected chi connectivity index (χ2v) is 3.82. The van der Waals surface area contributed by atoms with Crippen LogP contribution in [-0.4, -0.2) is 33.1 Å². The van der Waals surface area contributed by atoms with Crippen LogP contribution in [0.1, 0.15) is 10.5 Å². The lowest BCUT2D eigenvalue weighted by molar-refractivity contribution is 0.0689. The van der Waals surface area contributed by atoms with Gasteiger partial charge in [-0.05, 0) is 18.2 Å². The van der Waals surface area contributed by atoms with Gasteiger partial charge in [0.2, 0.25) is 0 Å². The Bertz CT molecular complexity index is 651. The molecule has 0 amide bonds. The number of ether oxygens (including phenoxy) is 1. The number of phenols is 1. The van der Waals surface area contributed by atoms with Crippen LogP contribution in [0.2, 0.25) is 0 Å². The van der Waals surface area contributed by atoms with E-state index in [4.69, 9.17) is 9.84 Å². The third-order valence-corrected chi connectivity index (χ3v) is 2.66. The zero-order valence-electron chi connectivity index (χ0n) is 10.2. The molecule has 100 valence electrons. The summed E-state index contributed by atoms with van der Waals surface area (Å²) >= 11 is 0. The highest BCUT2D eigenvalue weighted by molar-refractivity contribution is 5.87. The summed E-state index contributed by atoms with van der Waals surface area (Å²) in [6.07, 6.45) is 0. The maximum atomic E-state index is 13.2. The quantitative estimate of drug-likeness (QED) is 0.882. The van der Waals surface area contributed by atoms with Crippen LogP contribution >= 0.6 is 0 Å². The number of rotatable bonds is 3. The molecule has 0 aliphatic rings. The summed E-state index contributed by atoms with van der Waals surface area (Å²) in [4.78, 5) is 10.9. The van der Waals surface area contributed by atoms with Crippen molar-refractivity contribution < 1.29 is 24.1 Å². The van der Waals surface area contributed by atoms with Crippen molar-refractivity contribution in [1.82, 2.24) is 9.78 Å². The molecule has 0 unspecified atom stereocenters. The molecule has 0 atom stereocenters. The van der Waals surface area contributed by atoms with Gasteiger partial charge in [-0.1, -0.05) is 0 Å². The van der Waals surface area contributed by atoms with E-state index in [2.05, 4.69) is 5.10 Å². The van der Waals surface area contributed by atoms with E-state index in [0.717, 1.165) is 6.07 Å². The van der Waals surface area contributed by atoms with Gasteiger partial charge in [0.15, 0.2) is 23.0 Å². The predicted molar refractivity (Wildman–Crippen MR) is 63.8 cm³/mol. The normalized spacial score (nSPS) is 10.5. The lowest BCUT2D eigenvalue weighted by atomic mass is 10.1. The summed E-state index contributed by atoms with van der Waals surface area (Å²) in [5.41, 5.74) is 0.594. The Morgan fingerprint density at radius 2 is 2.16 bits per heavy atom. The van der Waals surface area contributed by atoms with E-state index in [0.29, 0.717) is 11.3 Å². The third-order valence-electron chi connectivity index (χ3n) is 2.66. The van der Waals surface area contributed by atoms with Crippen molar-refractivity contribution in [3.05, 3.63) is 29.7 Å². The molecule has 0 bridgehead atoms. The van der Waals surface area contributed by atoms with Crippen molar-refractivity contribution in [2.45, 2.75) is 0 Å². The van der Waals surface area contributed by atoms with E-state index in [-0.39, 0.29) is 11.4 Å². The summed E-state index contributed by atoms with van der Waals surface area (Å²) in [6, 6.07) is 3.77. The predicted octanol–water partition coefficient (Wildman–Crippen LogP) is 1.64. The number of aromatic nitrogens is 2. The maximum absolute atomic E-state index is 13.2. The number of hydrogen-bond donors (Lipinski definition) is 2. The second kappa shape index (κ2) is 4.60. The average molecular weight is 266 g/mol. The Hall–Kier alpha value is -2.57. The standard InChI is InChI=1S/C12H11FN2O4/c1-15-9(5-8(14-15)12(17)18)6-3-4-7(13)10(16)11(6)19-2/h3-5,16H,1-2H3,(H,17,18). The van der Waals surface area contributed by atoms with Crippen LogP contribution in [-0.2, 0) is 7.05 Å². The summed E-state index contributed by atoms with van der Waals surface area (Å²) in [5, 5.41) is 22.3. The number of aromatic carboxylic acids is 1. The highest BCUT2D eigenvalue weighted by atomic mass is 19.1. The molecule has 0 fully saturated rings. The van der Waals surface area contributed by atoms with Gasteiger partial charge in [-0.2, -0.15) is 5.10 Å². The maximum Gasteiger partial charge on any atom is 0.356 e. The zero-order valence-corrected chi connectivity index (χ0v) is 10.2. The monoisotopic (exact) mass is 266 g/mol. The topological polar surface area (TPSA) is 84.6 Å². The molecule has 1 aromatic carbocycles. The summed E-state index contributed by atoms with van der Waals surface area (Å²) in [6.45, 7) is 0. The number of aromatic hydroxyl groups is 1. The lowest BCUT2D eigenvalue weighted by Gasteiger charge is -2.10. The molecule has 0 saturated carbocycles. The minimum absolute atomic E-state index is 0.0695. The Labute approximate surface area is 107 Å². The van der Waals surface area contributed by atoms with Gasteiger partial charge in [0, 0.05) is 12.6 Å². The number of carboxylic acid groups (broad SMARTS) is 1. The number of methoxy groups -OCH3 is 1. The zero-order chi connectivity index (χ0) is 14.2. The number of hydrogen-bond acceptors (Lipinski definition) is 4. The van der Waals surface area contributed by atoms with Gasteiger partial charge >= 0.3 is 5.97 Å². The number of carboxylic acids is 1. The van der Waals surface area contributed by atoms with Crippen molar-refractivity contribution in [2.75, 3.05) is 7.11 Å². The highest BCUT2D eigenvalue weighted by Gasteiger charge is 2.19. The number of aryl methyl sites for hydroxylation is 1. The molecule has 2 N–H and O–H groups in total. The minimum Gasteiger partial charge on any atom is -0.502 e. The van der Waals surface area contributed by atoms with Crippen LogP contribution < -0.4 is 4.74 Å². The van der Waals surface area contributed by atoms with E-state index in [1.165, 1.54) is 23.9 Å². The van der Waals surface area contributed by atoms with Crippen molar-refractivity contribution in [2.24, 2.45) is 7.05 Å². The molecule has 19 heavy (non-hydrogen) atoms. The van der Waals surface area contributed by atoms with E-state index in [1.807, 2.05) is 0 Å². The fraction of sp³-hybridized carbons (Fsp3) is 0.167. The first-order chi connectivity index (χ1) is 8.95. The minimum atomic E-state index is -1.17. The first-order valence-electron chi connectivity index (χ1n) is 5.29. The molecule has 6 nitrogen and oxygen atoms in total. The Kier molecular flexibility index (Phi) is 3.12.